The van der Waals surface area contributed by atoms with Gasteiger partial charge in [0.2, 0.25) is 0 Å². The average molecular weight is 244 g/mol. The molecule has 0 saturated carbocycles. The van der Waals surface area contributed by atoms with Crippen molar-refractivity contribution in [3.8, 4) is 5.75 Å². The van der Waals surface area contributed by atoms with Crippen molar-refractivity contribution in [3.63, 3.8) is 0 Å². The third-order valence-electron chi connectivity index (χ3n) is 2.53. The van der Waals surface area contributed by atoms with Gasteiger partial charge in [0.15, 0.2) is 0 Å². The molecule has 0 radical (unpaired) electrons. The van der Waals surface area contributed by atoms with Crippen molar-refractivity contribution >= 4 is 17.6 Å². The van der Waals surface area contributed by atoms with Gasteiger partial charge in [0.1, 0.15) is 11.8 Å². The smallest absolute Gasteiger partial charge is 0.320 e. The molecule has 0 aromatic heterocycles. The van der Waals surface area contributed by atoms with Crippen molar-refractivity contribution in [3.05, 3.63) is 27.8 Å². The van der Waals surface area contributed by atoms with Gasteiger partial charge in [0, 0.05) is 17.0 Å². The summed E-state index contributed by atoms with van der Waals surface area (Å²) >= 11 is 6.02. The maximum absolute atomic E-state index is 10.6. The lowest BCUT2D eigenvalue weighted by molar-refractivity contribution is -0.138. The maximum Gasteiger partial charge on any atom is 0.320 e. The van der Waals surface area contributed by atoms with Gasteiger partial charge in [-0.15, -0.1) is 0 Å². The van der Waals surface area contributed by atoms with Gasteiger partial charge >= 0.3 is 5.97 Å². The Labute approximate surface area is 98.6 Å². The van der Waals surface area contributed by atoms with Crippen LogP contribution in [-0.4, -0.2) is 22.2 Å². The summed E-state index contributed by atoms with van der Waals surface area (Å²) < 4.78 is 0. The Morgan fingerprint density at radius 1 is 1.56 bits per heavy atom. The highest BCUT2D eigenvalue weighted by Crippen LogP contribution is 2.31. The van der Waals surface area contributed by atoms with E-state index in [9.17, 15) is 9.90 Å². The fraction of sp³-hybridized carbons (Fsp3) is 0.364. The molecule has 0 amide bonds. The molecule has 0 heterocycles. The van der Waals surface area contributed by atoms with Crippen molar-refractivity contribution < 1.29 is 15.0 Å². The number of aryl methyl sites for hydroxylation is 1. The van der Waals surface area contributed by atoms with Crippen molar-refractivity contribution in [1.29, 1.82) is 0 Å². The Balaban J connectivity index is 3.14. The predicted molar refractivity (Wildman–Crippen MR) is 61.9 cm³/mol. The van der Waals surface area contributed by atoms with Crippen molar-refractivity contribution in [2.45, 2.75) is 26.3 Å². The van der Waals surface area contributed by atoms with Crippen LogP contribution in [-0.2, 0) is 11.2 Å². The molecule has 0 bridgehead atoms. The van der Waals surface area contributed by atoms with Gasteiger partial charge in [-0.25, -0.2) is 0 Å². The fourth-order valence-electron chi connectivity index (χ4n) is 1.54. The Bertz CT molecular complexity index is 432. The molecular weight excluding hydrogens is 230 g/mol. The van der Waals surface area contributed by atoms with E-state index in [2.05, 4.69) is 0 Å². The molecule has 5 heteroatoms. The first-order valence-electron chi connectivity index (χ1n) is 4.80. The second-order valence-corrected chi connectivity index (χ2v) is 4.16. The molecule has 0 fully saturated rings. The summed E-state index contributed by atoms with van der Waals surface area (Å²) in [5.74, 6) is -1.06. The Hall–Kier alpha value is -1.26. The predicted octanol–water partition coefficient (Wildman–Crippen LogP) is 1.62. The molecule has 0 aliphatic rings. The van der Waals surface area contributed by atoms with Crippen LogP contribution in [0.4, 0.5) is 0 Å². The lowest BCUT2D eigenvalue weighted by atomic mass is 9.98. The van der Waals surface area contributed by atoms with Gasteiger partial charge in [-0.05, 0) is 31.0 Å². The summed E-state index contributed by atoms with van der Waals surface area (Å²) in [4.78, 5) is 10.6. The zero-order chi connectivity index (χ0) is 12.5. The number of benzene rings is 1. The van der Waals surface area contributed by atoms with Gasteiger partial charge in [-0.1, -0.05) is 11.6 Å². The summed E-state index contributed by atoms with van der Waals surface area (Å²) in [5, 5.41) is 19.0. The van der Waals surface area contributed by atoms with Crippen LogP contribution in [0.2, 0.25) is 5.02 Å². The van der Waals surface area contributed by atoms with Gasteiger partial charge in [-0.2, -0.15) is 0 Å². The van der Waals surface area contributed by atoms with Gasteiger partial charge in [0.05, 0.1) is 0 Å². The second-order valence-electron chi connectivity index (χ2n) is 3.78. The lowest BCUT2D eigenvalue weighted by Gasteiger charge is -2.14. The van der Waals surface area contributed by atoms with E-state index in [1.807, 2.05) is 0 Å². The van der Waals surface area contributed by atoms with Crippen LogP contribution < -0.4 is 5.73 Å². The van der Waals surface area contributed by atoms with Crippen LogP contribution in [0.3, 0.4) is 0 Å². The fourth-order valence-corrected chi connectivity index (χ4v) is 1.71. The van der Waals surface area contributed by atoms with Crippen LogP contribution in [0, 0.1) is 13.8 Å². The molecule has 1 aromatic rings. The molecule has 1 aromatic carbocycles. The number of carboxylic acids is 1. The first kappa shape index (κ1) is 12.8. The number of aliphatic carboxylic acids is 1. The van der Waals surface area contributed by atoms with E-state index in [0.29, 0.717) is 16.1 Å². The van der Waals surface area contributed by atoms with Crippen LogP contribution in [0.15, 0.2) is 6.07 Å². The highest BCUT2D eigenvalue weighted by Gasteiger charge is 2.18. The number of phenolic OH excluding ortho intramolecular Hbond substituents is 1. The lowest BCUT2D eigenvalue weighted by Crippen LogP contribution is -2.32. The number of nitrogens with two attached hydrogens (primary N) is 1. The quantitative estimate of drug-likeness (QED) is 0.753. The Morgan fingerprint density at radius 2 is 2.12 bits per heavy atom. The van der Waals surface area contributed by atoms with E-state index in [1.54, 1.807) is 13.8 Å². The van der Waals surface area contributed by atoms with Crippen LogP contribution >= 0.6 is 11.6 Å². The van der Waals surface area contributed by atoms with Gasteiger partial charge < -0.3 is 15.9 Å². The molecule has 0 saturated heterocycles. The molecule has 0 aliphatic carbocycles. The number of rotatable bonds is 3. The third-order valence-corrected chi connectivity index (χ3v) is 3.11. The molecule has 4 N–H and O–H groups in total. The average Bonchev–Trinajstić information content (AvgIpc) is 2.20. The minimum absolute atomic E-state index is 0.0381. The summed E-state index contributed by atoms with van der Waals surface area (Å²) in [6.07, 6.45) is 0.0625. The van der Waals surface area contributed by atoms with Crippen molar-refractivity contribution in [2.75, 3.05) is 0 Å². The molecule has 4 nitrogen and oxygen atoms in total. The van der Waals surface area contributed by atoms with E-state index < -0.39 is 12.0 Å². The number of hydrogen-bond donors (Lipinski definition) is 3. The zero-order valence-electron chi connectivity index (χ0n) is 9.12. The van der Waals surface area contributed by atoms with Crippen molar-refractivity contribution in [1.82, 2.24) is 0 Å². The SMILES string of the molecule is Cc1cc(O)c(CC(N)C(=O)O)c(C)c1Cl. The van der Waals surface area contributed by atoms with Crippen LogP contribution in [0.5, 0.6) is 5.75 Å². The largest absolute Gasteiger partial charge is 0.508 e. The first-order valence-corrected chi connectivity index (χ1v) is 5.18. The Kier molecular flexibility index (Phi) is 3.78. The number of hydrogen-bond acceptors (Lipinski definition) is 3. The molecule has 16 heavy (non-hydrogen) atoms. The number of carboxylic acid groups (broad SMARTS) is 1. The summed E-state index contributed by atoms with van der Waals surface area (Å²) in [5.41, 5.74) is 7.34. The van der Waals surface area contributed by atoms with Gasteiger partial charge in [-0.3, -0.25) is 4.79 Å². The minimum atomic E-state index is -1.10. The zero-order valence-corrected chi connectivity index (χ0v) is 9.88. The maximum atomic E-state index is 10.6. The van der Waals surface area contributed by atoms with Crippen LogP contribution in [0.25, 0.3) is 0 Å². The molecule has 0 spiro atoms. The van der Waals surface area contributed by atoms with E-state index in [0.717, 1.165) is 5.56 Å². The monoisotopic (exact) mass is 243 g/mol. The van der Waals surface area contributed by atoms with Crippen molar-refractivity contribution in [2.24, 2.45) is 5.73 Å². The molecule has 1 rings (SSSR count). The molecule has 88 valence electrons. The first-order chi connectivity index (χ1) is 7.34. The third kappa shape index (κ3) is 2.46. The Morgan fingerprint density at radius 3 is 2.62 bits per heavy atom. The number of carbonyl (C=O) groups is 1. The molecule has 1 atom stereocenters. The van der Waals surface area contributed by atoms with E-state index >= 15 is 0 Å². The highest BCUT2D eigenvalue weighted by atomic mass is 35.5. The number of phenols is 1. The molecular formula is C11H14ClNO3. The topological polar surface area (TPSA) is 83.5 Å². The standard InChI is InChI=1S/C11H14ClNO3/c1-5-3-9(14)7(6(2)10(5)12)4-8(13)11(15)16/h3,8,14H,4,13H2,1-2H3,(H,15,16). The van der Waals surface area contributed by atoms with E-state index in [1.165, 1.54) is 6.07 Å². The number of aromatic hydroxyl groups is 1. The summed E-state index contributed by atoms with van der Waals surface area (Å²) in [6, 6.07) is 0.475. The normalized spacial score (nSPS) is 12.5. The summed E-state index contributed by atoms with van der Waals surface area (Å²) in [6.45, 7) is 3.51. The van der Waals surface area contributed by atoms with Gasteiger partial charge in [0.25, 0.3) is 0 Å². The van der Waals surface area contributed by atoms with Crippen LogP contribution in [0.1, 0.15) is 16.7 Å². The molecule has 1 unspecified atom stereocenters. The van der Waals surface area contributed by atoms with E-state index in [4.69, 9.17) is 22.4 Å². The summed E-state index contributed by atoms with van der Waals surface area (Å²) in [7, 11) is 0. The minimum Gasteiger partial charge on any atom is -0.508 e. The molecule has 0 aliphatic heterocycles. The van der Waals surface area contributed by atoms with E-state index in [-0.39, 0.29) is 12.2 Å². The second kappa shape index (κ2) is 4.72. The number of halogens is 1. The highest BCUT2D eigenvalue weighted by molar-refractivity contribution is 6.32.